The van der Waals surface area contributed by atoms with Crippen molar-refractivity contribution in [2.75, 3.05) is 18.4 Å². The molecule has 1 aliphatic heterocycles. The zero-order valence-corrected chi connectivity index (χ0v) is 16.2. The second-order valence-corrected chi connectivity index (χ2v) is 8.92. The van der Waals surface area contributed by atoms with Crippen molar-refractivity contribution in [2.24, 2.45) is 5.92 Å². The first-order chi connectivity index (χ1) is 12.4. The molecular weight excluding hydrogens is 422 g/mol. The maximum absolute atomic E-state index is 12.7. The number of carbonyl (C=O) groups excluding carboxylic acids is 1. The summed E-state index contributed by atoms with van der Waals surface area (Å²) in [5.41, 5.74) is -0.279. The van der Waals surface area contributed by atoms with Crippen LogP contribution in [0.25, 0.3) is 0 Å². The highest BCUT2D eigenvalue weighted by Gasteiger charge is 2.33. The number of piperidine rings is 1. The van der Waals surface area contributed by atoms with Crippen LogP contribution in [-0.4, -0.2) is 36.7 Å². The maximum Gasteiger partial charge on any atom is 0.271 e. The van der Waals surface area contributed by atoms with Crippen molar-refractivity contribution in [1.29, 1.82) is 0 Å². The van der Waals surface area contributed by atoms with Crippen molar-refractivity contribution in [3.63, 3.8) is 0 Å². The van der Waals surface area contributed by atoms with E-state index in [4.69, 9.17) is 0 Å². The molecule has 1 saturated heterocycles. The van der Waals surface area contributed by atoms with E-state index in [2.05, 4.69) is 26.2 Å². The van der Waals surface area contributed by atoms with Crippen molar-refractivity contribution in [2.45, 2.75) is 17.7 Å². The Balaban J connectivity index is 1.75. The number of halogens is 1. The van der Waals surface area contributed by atoms with Crippen LogP contribution in [0.3, 0.4) is 0 Å². The summed E-state index contributed by atoms with van der Waals surface area (Å²) >= 11 is 3.23. The minimum atomic E-state index is -3.64. The second-order valence-electron chi connectivity index (χ2n) is 6.07. The van der Waals surface area contributed by atoms with Crippen molar-refractivity contribution < 1.29 is 13.2 Å². The molecule has 1 unspecified atom stereocenters. The third-order valence-electron chi connectivity index (χ3n) is 4.26. The molecule has 2 aromatic rings. The predicted molar refractivity (Wildman–Crippen MR) is 101 cm³/mol. The molecule has 9 heteroatoms. The molecule has 0 aliphatic carbocycles. The first kappa shape index (κ1) is 18.8. The number of pyridine rings is 1. The fourth-order valence-corrected chi connectivity index (χ4v) is 4.79. The Bertz CT molecular complexity index is 959. The van der Waals surface area contributed by atoms with Gasteiger partial charge in [0, 0.05) is 23.8 Å². The molecular formula is C17H18BrN3O4S. The van der Waals surface area contributed by atoms with E-state index in [1.54, 1.807) is 30.3 Å². The standard InChI is InChI=1S/C17H18BrN3O4S/c18-13-9-15(17(23)19-10-13)20-16(22)12-5-4-8-21(11-12)26(24,25)14-6-2-1-3-7-14/h1-3,6-7,9-10,12H,4-5,8,11H2,(H,19,23)(H,20,22). The van der Waals surface area contributed by atoms with Gasteiger partial charge in [0.05, 0.1) is 10.8 Å². The maximum atomic E-state index is 12.7. The summed E-state index contributed by atoms with van der Waals surface area (Å²) in [5, 5.41) is 2.60. The van der Waals surface area contributed by atoms with Gasteiger partial charge in [-0.15, -0.1) is 0 Å². The van der Waals surface area contributed by atoms with Crippen LogP contribution < -0.4 is 10.9 Å². The third-order valence-corrected chi connectivity index (χ3v) is 6.60. The molecule has 2 N–H and O–H groups in total. The largest absolute Gasteiger partial charge is 0.326 e. The molecule has 138 valence electrons. The fraction of sp³-hybridized carbons (Fsp3) is 0.294. The summed E-state index contributed by atoms with van der Waals surface area (Å²) < 4.78 is 27.5. The number of benzene rings is 1. The molecule has 0 spiro atoms. The van der Waals surface area contributed by atoms with Crippen molar-refractivity contribution in [3.8, 4) is 0 Å². The number of rotatable bonds is 4. The van der Waals surface area contributed by atoms with Crippen molar-refractivity contribution in [3.05, 3.63) is 57.4 Å². The van der Waals surface area contributed by atoms with Crippen LogP contribution in [0.15, 0.2) is 56.8 Å². The average molecular weight is 440 g/mol. The van der Waals surface area contributed by atoms with E-state index >= 15 is 0 Å². The zero-order valence-electron chi connectivity index (χ0n) is 13.8. The van der Waals surface area contributed by atoms with Gasteiger partial charge in [-0.1, -0.05) is 18.2 Å². The topological polar surface area (TPSA) is 99.3 Å². The van der Waals surface area contributed by atoms with Gasteiger partial charge in [0.2, 0.25) is 15.9 Å². The lowest BCUT2D eigenvalue weighted by molar-refractivity contribution is -0.120. The van der Waals surface area contributed by atoms with E-state index in [9.17, 15) is 18.0 Å². The van der Waals surface area contributed by atoms with E-state index in [1.165, 1.54) is 16.6 Å². The van der Waals surface area contributed by atoms with Gasteiger partial charge in [-0.05, 0) is 47.0 Å². The lowest BCUT2D eigenvalue weighted by Crippen LogP contribution is -2.44. The van der Waals surface area contributed by atoms with Gasteiger partial charge in [-0.3, -0.25) is 9.59 Å². The van der Waals surface area contributed by atoms with Crippen LogP contribution in [0, 0.1) is 5.92 Å². The smallest absolute Gasteiger partial charge is 0.271 e. The minimum Gasteiger partial charge on any atom is -0.326 e. The van der Waals surface area contributed by atoms with Crippen LogP contribution in [0.5, 0.6) is 0 Å². The SMILES string of the molecule is O=C(Nc1cc(Br)c[nH]c1=O)C1CCCN(S(=O)(=O)c2ccccc2)C1. The number of amides is 1. The average Bonchev–Trinajstić information content (AvgIpc) is 2.65. The van der Waals surface area contributed by atoms with Crippen molar-refractivity contribution in [1.82, 2.24) is 9.29 Å². The summed E-state index contributed by atoms with van der Waals surface area (Å²) in [7, 11) is -3.64. The van der Waals surface area contributed by atoms with E-state index in [1.807, 2.05) is 0 Å². The quantitative estimate of drug-likeness (QED) is 0.762. The van der Waals surface area contributed by atoms with Gasteiger partial charge >= 0.3 is 0 Å². The van der Waals surface area contributed by atoms with Gasteiger partial charge in [0.1, 0.15) is 5.69 Å². The number of nitrogens with zero attached hydrogens (tertiary/aromatic N) is 1. The minimum absolute atomic E-state index is 0.0922. The Kier molecular flexibility index (Phi) is 5.59. The number of aromatic amines is 1. The Hall–Kier alpha value is -1.97. The summed E-state index contributed by atoms with van der Waals surface area (Å²) in [6.07, 6.45) is 2.63. The lowest BCUT2D eigenvalue weighted by Gasteiger charge is -2.31. The molecule has 1 amide bonds. The molecule has 7 nitrogen and oxygen atoms in total. The number of anilines is 1. The summed E-state index contributed by atoms with van der Waals surface area (Å²) in [4.78, 5) is 27.1. The highest BCUT2D eigenvalue weighted by atomic mass is 79.9. The molecule has 1 aromatic heterocycles. The van der Waals surface area contributed by atoms with Gasteiger partial charge < -0.3 is 10.3 Å². The summed E-state index contributed by atoms with van der Waals surface area (Å²) in [5.74, 6) is -0.873. The first-order valence-electron chi connectivity index (χ1n) is 8.12. The number of sulfonamides is 1. The number of carbonyl (C=O) groups is 1. The van der Waals surface area contributed by atoms with Crippen molar-refractivity contribution >= 4 is 37.5 Å². The lowest BCUT2D eigenvalue weighted by atomic mass is 9.99. The van der Waals surface area contributed by atoms with E-state index in [-0.39, 0.29) is 23.0 Å². The van der Waals surface area contributed by atoms with Crippen LogP contribution in [0.1, 0.15) is 12.8 Å². The number of nitrogens with one attached hydrogen (secondary N) is 2. The molecule has 3 rings (SSSR count). The molecule has 0 saturated carbocycles. The Morgan fingerprint density at radius 1 is 1.27 bits per heavy atom. The van der Waals surface area contributed by atoms with Gasteiger partial charge in [0.15, 0.2) is 0 Å². The third kappa shape index (κ3) is 4.05. The normalized spacial score (nSPS) is 18.4. The van der Waals surface area contributed by atoms with Crippen LogP contribution >= 0.6 is 15.9 Å². The highest BCUT2D eigenvalue weighted by molar-refractivity contribution is 9.10. The van der Waals surface area contributed by atoms with E-state index in [0.29, 0.717) is 23.9 Å². The monoisotopic (exact) mass is 439 g/mol. The van der Waals surface area contributed by atoms with Gasteiger partial charge in [-0.2, -0.15) is 4.31 Å². The Morgan fingerprint density at radius 3 is 2.73 bits per heavy atom. The molecule has 1 fully saturated rings. The van der Waals surface area contributed by atoms with E-state index in [0.717, 1.165) is 0 Å². The van der Waals surface area contributed by atoms with Crippen LogP contribution in [-0.2, 0) is 14.8 Å². The Labute approximate surface area is 159 Å². The molecule has 1 atom stereocenters. The molecule has 0 radical (unpaired) electrons. The highest BCUT2D eigenvalue weighted by Crippen LogP contribution is 2.24. The van der Waals surface area contributed by atoms with Crippen LogP contribution in [0.2, 0.25) is 0 Å². The van der Waals surface area contributed by atoms with Crippen LogP contribution in [0.4, 0.5) is 5.69 Å². The number of H-pyrrole nitrogens is 1. The van der Waals surface area contributed by atoms with E-state index < -0.39 is 21.5 Å². The second kappa shape index (κ2) is 7.73. The predicted octanol–water partition coefficient (Wildman–Crippen LogP) is 2.18. The summed E-state index contributed by atoms with van der Waals surface area (Å²) in [6, 6.07) is 9.68. The number of aromatic nitrogens is 1. The zero-order chi connectivity index (χ0) is 18.7. The fourth-order valence-electron chi connectivity index (χ4n) is 2.90. The van der Waals surface area contributed by atoms with Gasteiger partial charge in [0.25, 0.3) is 5.56 Å². The van der Waals surface area contributed by atoms with Gasteiger partial charge in [-0.25, -0.2) is 8.42 Å². The summed E-state index contributed by atoms with van der Waals surface area (Å²) in [6.45, 7) is 0.466. The Morgan fingerprint density at radius 2 is 2.00 bits per heavy atom. The molecule has 0 bridgehead atoms. The molecule has 1 aliphatic rings. The first-order valence-corrected chi connectivity index (χ1v) is 10.4. The molecule has 26 heavy (non-hydrogen) atoms. The number of hydrogen-bond donors (Lipinski definition) is 2. The molecule has 1 aromatic carbocycles. The number of hydrogen-bond acceptors (Lipinski definition) is 4. The molecule has 2 heterocycles.